The quantitative estimate of drug-likeness (QED) is 0.256. The van der Waals surface area contributed by atoms with E-state index >= 15 is 0 Å². The summed E-state index contributed by atoms with van der Waals surface area (Å²) in [5.41, 5.74) is 1.76. The van der Waals surface area contributed by atoms with E-state index in [4.69, 9.17) is 14.2 Å². The third kappa shape index (κ3) is 7.34. The van der Waals surface area contributed by atoms with Crippen molar-refractivity contribution in [1.29, 1.82) is 0 Å². The van der Waals surface area contributed by atoms with Crippen molar-refractivity contribution in [3.05, 3.63) is 60.7 Å². The van der Waals surface area contributed by atoms with E-state index in [9.17, 15) is 13.0 Å². The summed E-state index contributed by atoms with van der Waals surface area (Å²) in [6.07, 6.45) is 0. The van der Waals surface area contributed by atoms with Crippen molar-refractivity contribution in [2.75, 3.05) is 20.8 Å². The molecule has 0 unspecified atom stereocenters. The molecule has 34 heavy (non-hydrogen) atoms. The van der Waals surface area contributed by atoms with Crippen LogP contribution in [0.1, 0.15) is 6.92 Å². The van der Waals surface area contributed by atoms with Gasteiger partial charge in [0, 0.05) is 12.1 Å². The van der Waals surface area contributed by atoms with Gasteiger partial charge in [0.1, 0.15) is 38.7 Å². The normalized spacial score (nSPS) is 11.4. The first-order valence-corrected chi connectivity index (χ1v) is 11.1. The van der Waals surface area contributed by atoms with Crippen LogP contribution in [0.25, 0.3) is 0 Å². The van der Waals surface area contributed by atoms with Crippen LogP contribution in [0.2, 0.25) is 0 Å². The molecule has 0 aliphatic carbocycles. The minimum atomic E-state index is -4.53. The van der Waals surface area contributed by atoms with Crippen LogP contribution in [0, 0.1) is 0 Å². The molecule has 0 aliphatic rings. The van der Waals surface area contributed by atoms with Crippen molar-refractivity contribution < 1.29 is 56.7 Å². The van der Waals surface area contributed by atoms with E-state index < -0.39 is 10.1 Å². The Labute approximate surface area is 219 Å². The molecule has 0 spiro atoms. The molecule has 3 aromatic rings. The summed E-state index contributed by atoms with van der Waals surface area (Å²) >= 11 is 0. The van der Waals surface area contributed by atoms with Crippen LogP contribution >= 0.6 is 0 Å². The van der Waals surface area contributed by atoms with E-state index in [1.54, 1.807) is 36.4 Å². The summed E-state index contributed by atoms with van der Waals surface area (Å²) in [5.74, 6) is 1.51. The largest absolute Gasteiger partial charge is 1.00 e. The van der Waals surface area contributed by atoms with Gasteiger partial charge in [-0.1, -0.05) is 0 Å². The van der Waals surface area contributed by atoms with Gasteiger partial charge in [0.2, 0.25) is 0 Å². The van der Waals surface area contributed by atoms with Gasteiger partial charge in [0.15, 0.2) is 0 Å². The van der Waals surface area contributed by atoms with Crippen molar-refractivity contribution in [2.24, 2.45) is 20.5 Å². The SMILES string of the molecule is CCOc1ccc(N=Nc2cc(OC)c(N=Nc3ccc(S(=O)(=O)[O-])cc3)cc2OC)cc1.[Na+]. The zero-order valence-corrected chi connectivity index (χ0v) is 21.9. The second-order valence-electron chi connectivity index (χ2n) is 6.47. The van der Waals surface area contributed by atoms with Crippen LogP contribution in [0.5, 0.6) is 17.2 Å². The summed E-state index contributed by atoms with van der Waals surface area (Å²) in [5, 5.41) is 16.7. The van der Waals surface area contributed by atoms with Gasteiger partial charge in [0.25, 0.3) is 0 Å². The number of azo groups is 2. The smallest absolute Gasteiger partial charge is 0.744 e. The molecule has 0 saturated heterocycles. The molecule has 10 nitrogen and oxygen atoms in total. The summed E-state index contributed by atoms with van der Waals surface area (Å²) < 4.78 is 49.3. The first-order chi connectivity index (χ1) is 15.8. The maximum Gasteiger partial charge on any atom is 1.00 e. The number of ether oxygens (including phenoxy) is 3. The molecule has 3 aromatic carbocycles. The maximum atomic E-state index is 11.0. The second kappa shape index (κ2) is 12.6. The topological polar surface area (TPSA) is 134 Å². The number of nitrogens with zero attached hydrogens (tertiary/aromatic N) is 4. The molecule has 0 saturated carbocycles. The maximum absolute atomic E-state index is 11.0. The number of benzene rings is 3. The molecular weight excluding hydrogens is 471 g/mol. The molecule has 0 bridgehead atoms. The molecule has 0 aromatic heterocycles. The van der Waals surface area contributed by atoms with Crippen molar-refractivity contribution >= 4 is 32.9 Å². The molecule has 0 fully saturated rings. The molecule has 0 N–H and O–H groups in total. The third-order valence-electron chi connectivity index (χ3n) is 4.30. The predicted molar refractivity (Wildman–Crippen MR) is 120 cm³/mol. The Kier molecular flexibility index (Phi) is 10.1. The second-order valence-corrected chi connectivity index (χ2v) is 7.85. The van der Waals surface area contributed by atoms with Crippen LogP contribution in [0.15, 0.2) is 86.0 Å². The van der Waals surface area contributed by atoms with Gasteiger partial charge < -0.3 is 18.8 Å². The molecular formula is C22H21N4NaO6S. The van der Waals surface area contributed by atoms with Gasteiger partial charge in [-0.3, -0.25) is 0 Å². The van der Waals surface area contributed by atoms with Crippen molar-refractivity contribution in [1.82, 2.24) is 0 Å². The van der Waals surface area contributed by atoms with E-state index in [0.717, 1.165) is 5.75 Å². The fourth-order valence-electron chi connectivity index (χ4n) is 2.70. The Bertz CT molecular complexity index is 1260. The summed E-state index contributed by atoms with van der Waals surface area (Å²) in [7, 11) is -1.56. The van der Waals surface area contributed by atoms with E-state index in [-0.39, 0.29) is 34.5 Å². The Morgan fingerprint density at radius 1 is 0.765 bits per heavy atom. The van der Waals surface area contributed by atoms with Gasteiger partial charge in [-0.2, -0.15) is 10.2 Å². The molecule has 172 valence electrons. The predicted octanol–water partition coefficient (Wildman–Crippen LogP) is 2.84. The van der Waals surface area contributed by atoms with Crippen LogP contribution in [0.3, 0.4) is 0 Å². The number of rotatable bonds is 9. The number of methoxy groups -OCH3 is 2. The summed E-state index contributed by atoms with van der Waals surface area (Å²) in [6.45, 7) is 2.49. The van der Waals surface area contributed by atoms with Gasteiger partial charge in [-0.25, -0.2) is 8.42 Å². The summed E-state index contributed by atoms with van der Waals surface area (Å²) in [6, 6.07) is 15.4. The molecule has 0 heterocycles. The van der Waals surface area contributed by atoms with Gasteiger partial charge in [-0.15, -0.1) is 10.2 Å². The zero-order chi connectivity index (χ0) is 23.8. The molecule has 0 aliphatic heterocycles. The molecule has 0 radical (unpaired) electrons. The molecule has 12 heteroatoms. The number of hydrogen-bond donors (Lipinski definition) is 0. The fourth-order valence-corrected chi connectivity index (χ4v) is 3.17. The Hall–Kier alpha value is -2.83. The molecule has 3 rings (SSSR count). The third-order valence-corrected chi connectivity index (χ3v) is 5.15. The fraction of sp³-hybridized carbons (Fsp3) is 0.182. The Morgan fingerprint density at radius 2 is 1.21 bits per heavy atom. The van der Waals surface area contributed by atoms with Crippen LogP contribution in [-0.4, -0.2) is 33.8 Å². The van der Waals surface area contributed by atoms with Crippen LogP contribution in [0.4, 0.5) is 22.7 Å². The van der Waals surface area contributed by atoms with Crippen molar-refractivity contribution in [3.63, 3.8) is 0 Å². The molecule has 0 atom stereocenters. The average molecular weight is 492 g/mol. The Morgan fingerprint density at radius 3 is 1.59 bits per heavy atom. The first kappa shape index (κ1) is 27.4. The van der Waals surface area contributed by atoms with Gasteiger partial charge in [0.05, 0.1) is 37.1 Å². The monoisotopic (exact) mass is 492 g/mol. The minimum Gasteiger partial charge on any atom is -0.744 e. The van der Waals surface area contributed by atoms with E-state index in [2.05, 4.69) is 20.5 Å². The number of hydrogen-bond acceptors (Lipinski definition) is 10. The first-order valence-electron chi connectivity index (χ1n) is 9.72. The average Bonchev–Trinajstić information content (AvgIpc) is 2.82. The standard InChI is InChI=1S/C22H22N4O6S.Na/c1-4-32-17-9-5-15(6-10-17)23-25-19-13-22(31-3)20(14-21(19)30-2)26-24-16-7-11-18(12-8-16)33(27,28)29;/h5-14H,4H2,1-3H3,(H,27,28,29);/q;+1/p-1. The van der Waals surface area contributed by atoms with E-state index in [1.807, 2.05) is 6.92 Å². The van der Waals surface area contributed by atoms with E-state index in [1.165, 1.54) is 38.5 Å². The Balaban J connectivity index is 0.00000408. The minimum absolute atomic E-state index is 0. The van der Waals surface area contributed by atoms with Crippen molar-refractivity contribution in [2.45, 2.75) is 11.8 Å². The van der Waals surface area contributed by atoms with E-state index in [0.29, 0.717) is 40.9 Å². The van der Waals surface area contributed by atoms with Crippen LogP contribution < -0.4 is 43.8 Å². The van der Waals surface area contributed by atoms with Gasteiger partial charge >= 0.3 is 29.6 Å². The van der Waals surface area contributed by atoms with Gasteiger partial charge in [-0.05, 0) is 55.5 Å². The molecule has 0 amide bonds. The van der Waals surface area contributed by atoms with Crippen molar-refractivity contribution in [3.8, 4) is 17.2 Å². The zero-order valence-electron chi connectivity index (χ0n) is 19.1. The van der Waals surface area contributed by atoms with Crippen LogP contribution in [-0.2, 0) is 10.1 Å². The summed E-state index contributed by atoms with van der Waals surface area (Å²) in [4.78, 5) is -0.344.